The van der Waals surface area contributed by atoms with Crippen molar-refractivity contribution >= 4 is 11.0 Å². The van der Waals surface area contributed by atoms with Crippen LogP contribution in [-0.2, 0) is 6.42 Å². The van der Waals surface area contributed by atoms with Gasteiger partial charge in [0, 0.05) is 17.4 Å². The van der Waals surface area contributed by atoms with E-state index < -0.39 is 11.7 Å². The summed E-state index contributed by atoms with van der Waals surface area (Å²) in [6, 6.07) is 8.85. The first-order valence-corrected chi connectivity index (χ1v) is 5.01. The highest BCUT2D eigenvalue weighted by atomic mass is 16.4. The average molecular weight is 220 g/mol. The molecule has 2 rings (SSSR count). The van der Waals surface area contributed by atoms with Crippen LogP contribution in [0.5, 0.6) is 0 Å². The average Bonchev–Trinajstić information content (AvgIpc) is 2.30. The van der Waals surface area contributed by atoms with E-state index in [1.54, 1.807) is 18.2 Å². The van der Waals surface area contributed by atoms with Gasteiger partial charge in [-0.15, -0.1) is 0 Å². The van der Waals surface area contributed by atoms with Gasteiger partial charge in [-0.1, -0.05) is 18.2 Å². The Balaban J connectivity index is 2.46. The molecule has 0 aliphatic heterocycles. The second-order valence-electron chi connectivity index (χ2n) is 3.64. The third kappa shape index (κ3) is 2.13. The van der Waals surface area contributed by atoms with Crippen LogP contribution in [0.25, 0.3) is 11.0 Å². The van der Waals surface area contributed by atoms with Gasteiger partial charge in [-0.05, 0) is 12.1 Å². The van der Waals surface area contributed by atoms with Crippen LogP contribution < -0.4 is 5.63 Å². The lowest BCUT2D eigenvalue weighted by atomic mass is 10.1. The molecule has 0 aliphatic carbocycles. The molecule has 2 N–H and O–H groups in total. The number of hydrogen-bond acceptors (Lipinski definition) is 4. The first kappa shape index (κ1) is 10.9. The van der Waals surface area contributed by atoms with Crippen molar-refractivity contribution in [2.45, 2.75) is 12.5 Å². The Morgan fingerprint density at radius 3 is 2.81 bits per heavy atom. The highest BCUT2D eigenvalue weighted by Gasteiger charge is 2.09. The lowest BCUT2D eigenvalue weighted by molar-refractivity contribution is 0.0949. The second-order valence-corrected chi connectivity index (χ2v) is 3.64. The quantitative estimate of drug-likeness (QED) is 0.746. The topological polar surface area (TPSA) is 70.7 Å². The van der Waals surface area contributed by atoms with Crippen LogP contribution in [0.3, 0.4) is 0 Å². The second kappa shape index (κ2) is 4.47. The van der Waals surface area contributed by atoms with Gasteiger partial charge >= 0.3 is 5.63 Å². The van der Waals surface area contributed by atoms with Gasteiger partial charge < -0.3 is 14.6 Å². The van der Waals surface area contributed by atoms with E-state index in [1.165, 1.54) is 0 Å². The molecule has 2 aromatic rings. The van der Waals surface area contributed by atoms with Crippen LogP contribution in [0, 0.1) is 0 Å². The molecular formula is C12H12O4. The summed E-state index contributed by atoms with van der Waals surface area (Å²) in [7, 11) is 0. The summed E-state index contributed by atoms with van der Waals surface area (Å²) in [6.45, 7) is -0.369. The SMILES string of the molecule is O=c1oc2ccccc2cc1CC(O)CO. The van der Waals surface area contributed by atoms with Gasteiger partial charge in [0.2, 0.25) is 0 Å². The molecule has 0 fully saturated rings. The van der Waals surface area contributed by atoms with E-state index in [-0.39, 0.29) is 13.0 Å². The summed E-state index contributed by atoms with van der Waals surface area (Å²) in [5.74, 6) is 0. The highest BCUT2D eigenvalue weighted by Crippen LogP contribution is 2.13. The maximum atomic E-state index is 11.5. The zero-order valence-corrected chi connectivity index (χ0v) is 8.59. The van der Waals surface area contributed by atoms with Crippen molar-refractivity contribution in [1.82, 2.24) is 0 Å². The minimum atomic E-state index is -0.927. The molecule has 4 heteroatoms. The Hall–Kier alpha value is -1.65. The van der Waals surface area contributed by atoms with E-state index in [1.807, 2.05) is 12.1 Å². The number of aliphatic hydroxyl groups is 2. The molecule has 1 atom stereocenters. The van der Waals surface area contributed by atoms with Crippen molar-refractivity contribution in [3.8, 4) is 0 Å². The summed E-state index contributed by atoms with van der Waals surface area (Å²) in [4.78, 5) is 11.5. The van der Waals surface area contributed by atoms with Gasteiger partial charge in [-0.25, -0.2) is 4.79 Å². The first-order chi connectivity index (χ1) is 7.70. The van der Waals surface area contributed by atoms with Crippen LogP contribution in [0.4, 0.5) is 0 Å². The standard InChI is InChI=1S/C12H12O4/c13-7-10(14)6-9-5-8-3-1-2-4-11(8)16-12(9)15/h1-5,10,13-14H,6-7H2. The van der Waals surface area contributed by atoms with Crippen molar-refractivity contribution in [3.05, 3.63) is 46.3 Å². The van der Waals surface area contributed by atoms with Crippen LogP contribution in [0.15, 0.2) is 39.5 Å². The predicted octanol–water partition coefficient (Wildman–Crippen LogP) is 0.689. The zero-order chi connectivity index (χ0) is 11.5. The molecule has 0 amide bonds. The van der Waals surface area contributed by atoms with Gasteiger partial charge in [0.15, 0.2) is 0 Å². The molecule has 16 heavy (non-hydrogen) atoms. The molecule has 0 spiro atoms. The molecular weight excluding hydrogens is 208 g/mol. The minimum absolute atomic E-state index is 0.101. The Morgan fingerprint density at radius 2 is 2.06 bits per heavy atom. The Labute approximate surface area is 91.8 Å². The van der Waals surface area contributed by atoms with Crippen LogP contribution >= 0.6 is 0 Å². The van der Waals surface area contributed by atoms with Gasteiger partial charge in [-0.3, -0.25) is 0 Å². The summed E-state index contributed by atoms with van der Waals surface area (Å²) in [6.07, 6.45) is -0.826. The Kier molecular flexibility index (Phi) is 3.03. The zero-order valence-electron chi connectivity index (χ0n) is 8.59. The summed E-state index contributed by atoms with van der Waals surface area (Å²) >= 11 is 0. The van der Waals surface area contributed by atoms with Crippen LogP contribution in [0.2, 0.25) is 0 Å². The Bertz CT molecular complexity index is 544. The molecule has 0 saturated heterocycles. The third-order valence-corrected chi connectivity index (χ3v) is 2.38. The van der Waals surface area contributed by atoms with Crippen LogP contribution in [0.1, 0.15) is 5.56 Å². The lowest BCUT2D eigenvalue weighted by Gasteiger charge is -2.06. The fourth-order valence-corrected chi connectivity index (χ4v) is 1.57. The van der Waals surface area contributed by atoms with Gasteiger partial charge in [0.25, 0.3) is 0 Å². The maximum absolute atomic E-state index is 11.5. The molecule has 0 bridgehead atoms. The molecule has 1 heterocycles. The van der Waals surface area contributed by atoms with Gasteiger partial charge in [0.1, 0.15) is 5.58 Å². The molecule has 0 aliphatic rings. The van der Waals surface area contributed by atoms with E-state index in [0.29, 0.717) is 11.1 Å². The molecule has 1 unspecified atom stereocenters. The molecule has 1 aromatic heterocycles. The summed E-state index contributed by atoms with van der Waals surface area (Å²) in [5, 5.41) is 18.8. The van der Waals surface area contributed by atoms with Crippen LogP contribution in [-0.4, -0.2) is 22.9 Å². The number of hydrogen-bond donors (Lipinski definition) is 2. The normalized spacial score (nSPS) is 12.9. The molecule has 4 nitrogen and oxygen atoms in total. The number of fused-ring (bicyclic) bond motifs is 1. The minimum Gasteiger partial charge on any atom is -0.423 e. The fourth-order valence-electron chi connectivity index (χ4n) is 1.57. The Morgan fingerprint density at radius 1 is 1.31 bits per heavy atom. The van der Waals surface area contributed by atoms with Crippen molar-refractivity contribution in [2.24, 2.45) is 0 Å². The van der Waals surface area contributed by atoms with E-state index in [2.05, 4.69) is 0 Å². The van der Waals surface area contributed by atoms with Crippen molar-refractivity contribution in [1.29, 1.82) is 0 Å². The maximum Gasteiger partial charge on any atom is 0.339 e. The number of para-hydroxylation sites is 1. The van der Waals surface area contributed by atoms with Gasteiger partial charge in [0.05, 0.1) is 12.7 Å². The predicted molar refractivity (Wildman–Crippen MR) is 59.3 cm³/mol. The number of benzene rings is 1. The monoisotopic (exact) mass is 220 g/mol. The van der Waals surface area contributed by atoms with E-state index >= 15 is 0 Å². The number of aliphatic hydroxyl groups excluding tert-OH is 2. The lowest BCUT2D eigenvalue weighted by Crippen LogP contribution is -2.20. The van der Waals surface area contributed by atoms with E-state index in [4.69, 9.17) is 9.52 Å². The molecule has 1 aromatic carbocycles. The van der Waals surface area contributed by atoms with E-state index in [0.717, 1.165) is 5.39 Å². The summed E-state index contributed by atoms with van der Waals surface area (Å²) < 4.78 is 5.09. The van der Waals surface area contributed by atoms with E-state index in [9.17, 15) is 9.90 Å². The van der Waals surface area contributed by atoms with Crippen molar-refractivity contribution in [3.63, 3.8) is 0 Å². The summed E-state index contributed by atoms with van der Waals surface area (Å²) in [5.41, 5.74) is 0.432. The number of rotatable bonds is 3. The third-order valence-electron chi connectivity index (χ3n) is 2.38. The molecule has 84 valence electrons. The largest absolute Gasteiger partial charge is 0.423 e. The molecule has 0 radical (unpaired) electrons. The van der Waals surface area contributed by atoms with Crippen molar-refractivity contribution < 1.29 is 14.6 Å². The van der Waals surface area contributed by atoms with Gasteiger partial charge in [-0.2, -0.15) is 0 Å². The highest BCUT2D eigenvalue weighted by molar-refractivity contribution is 5.76. The molecule has 0 saturated carbocycles. The first-order valence-electron chi connectivity index (χ1n) is 5.01. The smallest absolute Gasteiger partial charge is 0.339 e. The fraction of sp³-hybridized carbons (Fsp3) is 0.250. The van der Waals surface area contributed by atoms with Crippen molar-refractivity contribution in [2.75, 3.05) is 6.61 Å².